The molecule has 0 spiro atoms. The lowest BCUT2D eigenvalue weighted by Gasteiger charge is -2.24. The van der Waals surface area contributed by atoms with Gasteiger partial charge < -0.3 is 20.5 Å². The fourth-order valence-corrected chi connectivity index (χ4v) is 3.23. The fourth-order valence-electron chi connectivity index (χ4n) is 3.11. The molecule has 1 atom stereocenters. The molecular formula is C20H17ClN2O5. The summed E-state index contributed by atoms with van der Waals surface area (Å²) in [6, 6.07) is 11.8. The van der Waals surface area contributed by atoms with Gasteiger partial charge in [0.05, 0.1) is 18.7 Å². The summed E-state index contributed by atoms with van der Waals surface area (Å²) < 4.78 is 5.12. The van der Waals surface area contributed by atoms with E-state index in [1.165, 1.54) is 19.2 Å². The molecule has 1 aliphatic heterocycles. The van der Waals surface area contributed by atoms with Gasteiger partial charge in [-0.1, -0.05) is 23.7 Å². The number of ketones is 1. The van der Waals surface area contributed by atoms with Gasteiger partial charge in [-0.2, -0.15) is 0 Å². The third-order valence-corrected chi connectivity index (χ3v) is 4.67. The Kier molecular flexibility index (Phi) is 5.37. The third-order valence-electron chi connectivity index (χ3n) is 4.42. The molecule has 0 radical (unpaired) electrons. The van der Waals surface area contributed by atoms with Gasteiger partial charge in [0.15, 0.2) is 0 Å². The SMILES string of the molecule is COc1ccc(C2/C(=C(\O)c3ccc(Cl)cc3)C(=O)C(=O)N2CC(N)=O)cc1. The maximum Gasteiger partial charge on any atom is 0.296 e. The predicted molar refractivity (Wildman–Crippen MR) is 103 cm³/mol. The van der Waals surface area contributed by atoms with Gasteiger partial charge in [0, 0.05) is 10.6 Å². The first-order valence-corrected chi connectivity index (χ1v) is 8.68. The summed E-state index contributed by atoms with van der Waals surface area (Å²) in [6.07, 6.45) is 0. The van der Waals surface area contributed by atoms with E-state index >= 15 is 0 Å². The van der Waals surface area contributed by atoms with Crippen molar-refractivity contribution in [2.45, 2.75) is 6.04 Å². The van der Waals surface area contributed by atoms with Crippen molar-refractivity contribution in [1.82, 2.24) is 4.90 Å². The van der Waals surface area contributed by atoms with Gasteiger partial charge in [-0.05, 0) is 42.0 Å². The van der Waals surface area contributed by atoms with Crippen LogP contribution in [-0.4, -0.2) is 41.3 Å². The van der Waals surface area contributed by atoms with Crippen LogP contribution >= 0.6 is 11.6 Å². The maximum atomic E-state index is 12.7. The summed E-state index contributed by atoms with van der Waals surface area (Å²) in [5.41, 5.74) is 5.98. The highest BCUT2D eigenvalue weighted by Crippen LogP contribution is 2.39. The molecule has 0 saturated carbocycles. The van der Waals surface area contributed by atoms with Gasteiger partial charge in [-0.15, -0.1) is 0 Å². The molecule has 1 saturated heterocycles. The molecule has 3 N–H and O–H groups in total. The Labute approximate surface area is 166 Å². The number of benzene rings is 2. The Morgan fingerprint density at radius 3 is 2.29 bits per heavy atom. The second-order valence-electron chi connectivity index (χ2n) is 6.17. The number of aliphatic hydroxyl groups excluding tert-OH is 1. The molecule has 0 bridgehead atoms. The van der Waals surface area contributed by atoms with Crippen LogP contribution in [0.15, 0.2) is 54.1 Å². The second-order valence-corrected chi connectivity index (χ2v) is 6.61. The molecule has 2 aromatic carbocycles. The Balaban J connectivity index is 2.17. The molecule has 0 aromatic heterocycles. The number of primary amides is 1. The molecular weight excluding hydrogens is 384 g/mol. The minimum absolute atomic E-state index is 0.126. The molecule has 28 heavy (non-hydrogen) atoms. The molecule has 1 fully saturated rings. The number of likely N-dealkylation sites (tertiary alicyclic amines) is 1. The van der Waals surface area contributed by atoms with Crippen LogP contribution in [0.5, 0.6) is 5.75 Å². The largest absolute Gasteiger partial charge is 0.507 e. The van der Waals surface area contributed by atoms with Crippen LogP contribution in [0.2, 0.25) is 5.02 Å². The van der Waals surface area contributed by atoms with Crippen LogP contribution in [-0.2, 0) is 14.4 Å². The number of carbonyl (C=O) groups is 3. The molecule has 0 aliphatic carbocycles. The lowest BCUT2D eigenvalue weighted by Crippen LogP contribution is -2.37. The number of rotatable bonds is 5. The third kappa shape index (κ3) is 3.57. The van der Waals surface area contributed by atoms with E-state index in [4.69, 9.17) is 22.1 Å². The highest BCUT2D eigenvalue weighted by molar-refractivity contribution is 6.47. The summed E-state index contributed by atoms with van der Waals surface area (Å²) in [7, 11) is 1.51. The first-order valence-electron chi connectivity index (χ1n) is 8.30. The summed E-state index contributed by atoms with van der Waals surface area (Å²) in [5.74, 6) is -2.35. The van der Waals surface area contributed by atoms with Crippen LogP contribution in [0, 0.1) is 0 Å². The van der Waals surface area contributed by atoms with Crippen LogP contribution < -0.4 is 10.5 Å². The Morgan fingerprint density at radius 2 is 1.75 bits per heavy atom. The van der Waals surface area contributed by atoms with E-state index in [0.717, 1.165) is 4.90 Å². The molecule has 1 aliphatic rings. The number of halogens is 1. The number of carbonyl (C=O) groups excluding carboxylic acids is 3. The normalized spacial score (nSPS) is 18.4. The van der Waals surface area contributed by atoms with Crippen molar-refractivity contribution in [1.29, 1.82) is 0 Å². The smallest absolute Gasteiger partial charge is 0.296 e. The van der Waals surface area contributed by atoms with Crippen LogP contribution in [0.1, 0.15) is 17.2 Å². The van der Waals surface area contributed by atoms with Crippen molar-refractivity contribution < 1.29 is 24.2 Å². The zero-order valence-electron chi connectivity index (χ0n) is 14.9. The minimum Gasteiger partial charge on any atom is -0.507 e. The topological polar surface area (TPSA) is 110 Å². The first kappa shape index (κ1) is 19.4. The molecule has 2 aromatic rings. The Morgan fingerprint density at radius 1 is 1.14 bits per heavy atom. The van der Waals surface area contributed by atoms with Crippen molar-refractivity contribution in [2.24, 2.45) is 5.73 Å². The van der Waals surface area contributed by atoms with Crippen LogP contribution in [0.3, 0.4) is 0 Å². The number of Topliss-reactive ketones (excluding diaryl/α,β-unsaturated/α-hetero) is 1. The van der Waals surface area contributed by atoms with E-state index in [1.807, 2.05) is 0 Å². The summed E-state index contributed by atoms with van der Waals surface area (Å²) in [6.45, 7) is -0.460. The Bertz CT molecular complexity index is 967. The molecule has 7 nitrogen and oxygen atoms in total. The molecule has 2 amide bonds. The van der Waals surface area contributed by atoms with Crippen LogP contribution in [0.4, 0.5) is 0 Å². The first-order chi connectivity index (χ1) is 13.3. The predicted octanol–water partition coefficient (Wildman–Crippen LogP) is 2.26. The standard InChI is InChI=1S/C20H17ClN2O5/c1-28-14-8-4-11(5-9-14)17-16(18(25)12-2-6-13(21)7-3-12)19(26)20(27)23(17)10-15(22)24/h2-9,17,25H,10H2,1H3,(H2,22,24)/b18-16+. The Hall–Kier alpha value is -3.32. The van der Waals surface area contributed by atoms with Crippen molar-refractivity contribution >= 4 is 35.0 Å². The molecule has 1 unspecified atom stereocenters. The van der Waals surface area contributed by atoms with Gasteiger partial charge in [0.2, 0.25) is 5.91 Å². The number of nitrogens with two attached hydrogens (primary N) is 1. The van der Waals surface area contributed by atoms with Crippen molar-refractivity contribution in [3.8, 4) is 5.75 Å². The van der Waals surface area contributed by atoms with E-state index in [2.05, 4.69) is 0 Å². The van der Waals surface area contributed by atoms with Gasteiger partial charge in [-0.25, -0.2) is 0 Å². The van der Waals surface area contributed by atoms with E-state index in [9.17, 15) is 19.5 Å². The summed E-state index contributed by atoms with van der Waals surface area (Å²) in [4.78, 5) is 37.7. The van der Waals surface area contributed by atoms with Gasteiger partial charge in [-0.3, -0.25) is 14.4 Å². The molecule has 144 valence electrons. The highest BCUT2D eigenvalue weighted by Gasteiger charge is 2.46. The molecule has 1 heterocycles. The maximum absolute atomic E-state index is 12.7. The molecule has 8 heteroatoms. The van der Waals surface area contributed by atoms with E-state index < -0.39 is 30.2 Å². The lowest BCUT2D eigenvalue weighted by atomic mass is 9.95. The van der Waals surface area contributed by atoms with Gasteiger partial charge >= 0.3 is 0 Å². The molecule has 3 rings (SSSR count). The van der Waals surface area contributed by atoms with E-state index in [-0.39, 0.29) is 11.3 Å². The number of hydrogen-bond acceptors (Lipinski definition) is 5. The van der Waals surface area contributed by atoms with Crippen molar-refractivity contribution in [3.05, 3.63) is 70.3 Å². The van der Waals surface area contributed by atoms with E-state index in [0.29, 0.717) is 21.9 Å². The average molecular weight is 401 g/mol. The van der Waals surface area contributed by atoms with Crippen LogP contribution in [0.25, 0.3) is 5.76 Å². The van der Waals surface area contributed by atoms with E-state index in [1.54, 1.807) is 36.4 Å². The number of amides is 2. The zero-order chi connectivity index (χ0) is 20.4. The summed E-state index contributed by atoms with van der Waals surface area (Å²) >= 11 is 5.87. The second kappa shape index (κ2) is 7.74. The number of nitrogens with zero attached hydrogens (tertiary/aromatic N) is 1. The average Bonchev–Trinajstić information content (AvgIpc) is 2.92. The summed E-state index contributed by atoms with van der Waals surface area (Å²) in [5, 5.41) is 11.2. The zero-order valence-corrected chi connectivity index (χ0v) is 15.6. The van der Waals surface area contributed by atoms with Crippen molar-refractivity contribution in [3.63, 3.8) is 0 Å². The van der Waals surface area contributed by atoms with Gasteiger partial charge in [0.1, 0.15) is 18.1 Å². The monoisotopic (exact) mass is 400 g/mol. The minimum atomic E-state index is -0.964. The number of aliphatic hydroxyl groups is 1. The van der Waals surface area contributed by atoms with Gasteiger partial charge in [0.25, 0.3) is 11.7 Å². The lowest BCUT2D eigenvalue weighted by molar-refractivity contribution is -0.141. The fraction of sp³-hybridized carbons (Fsp3) is 0.150. The number of hydrogen-bond donors (Lipinski definition) is 2. The number of methoxy groups -OCH3 is 1. The highest BCUT2D eigenvalue weighted by atomic mass is 35.5. The van der Waals surface area contributed by atoms with Crippen molar-refractivity contribution in [2.75, 3.05) is 13.7 Å². The quantitative estimate of drug-likeness (QED) is 0.454. The number of ether oxygens (including phenoxy) is 1.